The Labute approximate surface area is 108 Å². The highest BCUT2D eigenvalue weighted by molar-refractivity contribution is 9.10. The standard InChI is InChI=1S/C14H11BrO2/c1-17-13-5-2-10(3-6-13)11-4-7-14(15)12(8-11)9-16/h2-9H,1H3. The molecule has 0 aliphatic rings. The third kappa shape index (κ3) is 2.56. The quantitative estimate of drug-likeness (QED) is 0.801. The van der Waals surface area contributed by atoms with Crippen molar-refractivity contribution in [2.45, 2.75) is 0 Å². The Morgan fingerprint density at radius 3 is 2.29 bits per heavy atom. The molecule has 3 heteroatoms. The molecule has 2 aromatic rings. The molecule has 0 saturated heterocycles. The summed E-state index contributed by atoms with van der Waals surface area (Å²) in [6.45, 7) is 0. The zero-order valence-corrected chi connectivity index (χ0v) is 10.9. The number of benzene rings is 2. The summed E-state index contributed by atoms with van der Waals surface area (Å²) in [6.07, 6.45) is 0.844. The molecule has 0 spiro atoms. The Morgan fingerprint density at radius 1 is 1.06 bits per heavy atom. The van der Waals surface area contributed by atoms with Crippen molar-refractivity contribution in [2.24, 2.45) is 0 Å². The molecule has 0 aliphatic heterocycles. The average molecular weight is 291 g/mol. The van der Waals surface area contributed by atoms with Gasteiger partial charge >= 0.3 is 0 Å². The van der Waals surface area contributed by atoms with E-state index in [0.717, 1.165) is 27.6 Å². The summed E-state index contributed by atoms with van der Waals surface area (Å²) < 4.78 is 5.92. The zero-order valence-electron chi connectivity index (χ0n) is 9.31. The van der Waals surface area contributed by atoms with E-state index in [0.29, 0.717) is 5.56 Å². The van der Waals surface area contributed by atoms with Gasteiger partial charge < -0.3 is 4.74 Å². The molecule has 2 rings (SSSR count). The van der Waals surface area contributed by atoms with Crippen LogP contribution in [-0.2, 0) is 0 Å². The Morgan fingerprint density at radius 2 is 1.71 bits per heavy atom. The summed E-state index contributed by atoms with van der Waals surface area (Å²) in [6, 6.07) is 13.4. The van der Waals surface area contributed by atoms with Crippen LogP contribution < -0.4 is 4.74 Å². The first-order valence-corrected chi connectivity index (χ1v) is 5.93. The number of aldehydes is 1. The van der Waals surface area contributed by atoms with Gasteiger partial charge in [0.1, 0.15) is 5.75 Å². The predicted octanol–water partition coefficient (Wildman–Crippen LogP) is 3.94. The van der Waals surface area contributed by atoms with E-state index in [1.807, 2.05) is 42.5 Å². The van der Waals surface area contributed by atoms with Crippen LogP contribution in [0.5, 0.6) is 5.75 Å². The second-order valence-electron chi connectivity index (χ2n) is 3.58. The van der Waals surface area contributed by atoms with E-state index in [9.17, 15) is 4.79 Å². The van der Waals surface area contributed by atoms with Gasteiger partial charge in [-0.05, 0) is 35.4 Å². The lowest BCUT2D eigenvalue weighted by molar-refractivity contribution is 0.112. The molecule has 86 valence electrons. The van der Waals surface area contributed by atoms with Gasteiger partial charge in [-0.15, -0.1) is 0 Å². The Bertz CT molecular complexity index is 532. The van der Waals surface area contributed by atoms with Gasteiger partial charge in [0.05, 0.1) is 7.11 Å². The van der Waals surface area contributed by atoms with Gasteiger partial charge in [-0.1, -0.05) is 34.1 Å². The monoisotopic (exact) mass is 290 g/mol. The molecule has 0 bridgehead atoms. The second-order valence-corrected chi connectivity index (χ2v) is 4.44. The van der Waals surface area contributed by atoms with Gasteiger partial charge in [-0.3, -0.25) is 4.79 Å². The first kappa shape index (κ1) is 11.9. The van der Waals surface area contributed by atoms with Crippen LogP contribution in [0.3, 0.4) is 0 Å². The molecule has 2 nitrogen and oxygen atoms in total. The van der Waals surface area contributed by atoms with Crippen molar-refractivity contribution in [3.05, 3.63) is 52.5 Å². The molecular weight excluding hydrogens is 280 g/mol. The molecule has 0 N–H and O–H groups in total. The van der Waals surface area contributed by atoms with Crippen LogP contribution in [0.1, 0.15) is 10.4 Å². The average Bonchev–Trinajstić information content (AvgIpc) is 2.39. The van der Waals surface area contributed by atoms with E-state index < -0.39 is 0 Å². The van der Waals surface area contributed by atoms with Crippen molar-refractivity contribution in [1.29, 1.82) is 0 Å². The number of rotatable bonds is 3. The van der Waals surface area contributed by atoms with Crippen LogP contribution in [0.4, 0.5) is 0 Å². The van der Waals surface area contributed by atoms with Crippen molar-refractivity contribution < 1.29 is 9.53 Å². The summed E-state index contributed by atoms with van der Waals surface area (Å²) in [5.74, 6) is 0.821. The van der Waals surface area contributed by atoms with E-state index in [1.54, 1.807) is 7.11 Å². The number of hydrogen-bond donors (Lipinski definition) is 0. The van der Waals surface area contributed by atoms with Crippen molar-refractivity contribution >= 4 is 22.2 Å². The topological polar surface area (TPSA) is 26.3 Å². The van der Waals surface area contributed by atoms with Gasteiger partial charge in [0.2, 0.25) is 0 Å². The molecule has 0 amide bonds. The largest absolute Gasteiger partial charge is 0.497 e. The SMILES string of the molecule is COc1ccc(-c2ccc(Br)c(C=O)c2)cc1. The summed E-state index contributed by atoms with van der Waals surface area (Å²) in [5, 5.41) is 0. The lowest BCUT2D eigenvalue weighted by Crippen LogP contribution is -1.86. The van der Waals surface area contributed by atoms with Crippen LogP contribution in [0.15, 0.2) is 46.9 Å². The van der Waals surface area contributed by atoms with E-state index >= 15 is 0 Å². The van der Waals surface area contributed by atoms with E-state index in [1.165, 1.54) is 0 Å². The smallest absolute Gasteiger partial charge is 0.151 e. The summed E-state index contributed by atoms with van der Waals surface area (Å²) in [5.41, 5.74) is 2.72. The number of ether oxygens (including phenoxy) is 1. The number of halogens is 1. The molecule has 0 atom stereocenters. The fraction of sp³-hybridized carbons (Fsp3) is 0.0714. The maximum atomic E-state index is 10.9. The lowest BCUT2D eigenvalue weighted by Gasteiger charge is -2.05. The van der Waals surface area contributed by atoms with E-state index in [4.69, 9.17) is 4.74 Å². The minimum atomic E-state index is 0.651. The van der Waals surface area contributed by atoms with Crippen molar-refractivity contribution in [3.8, 4) is 16.9 Å². The highest BCUT2D eigenvalue weighted by Gasteiger charge is 2.03. The molecule has 0 fully saturated rings. The Balaban J connectivity index is 2.41. The second kappa shape index (κ2) is 5.15. The lowest BCUT2D eigenvalue weighted by atomic mass is 10.0. The normalized spacial score (nSPS) is 10.0. The maximum absolute atomic E-state index is 10.9. The van der Waals surface area contributed by atoms with Crippen molar-refractivity contribution in [2.75, 3.05) is 7.11 Å². The highest BCUT2D eigenvalue weighted by atomic mass is 79.9. The fourth-order valence-corrected chi connectivity index (χ4v) is 1.94. The third-order valence-electron chi connectivity index (χ3n) is 2.55. The molecular formula is C14H11BrO2. The minimum Gasteiger partial charge on any atom is -0.497 e. The van der Waals surface area contributed by atoms with Gasteiger partial charge in [-0.2, -0.15) is 0 Å². The molecule has 2 aromatic carbocycles. The van der Waals surface area contributed by atoms with E-state index in [2.05, 4.69) is 15.9 Å². The molecule has 0 heterocycles. The van der Waals surface area contributed by atoms with Crippen molar-refractivity contribution in [1.82, 2.24) is 0 Å². The molecule has 0 saturated carbocycles. The molecule has 0 radical (unpaired) electrons. The van der Waals surface area contributed by atoms with Crippen LogP contribution in [0.25, 0.3) is 11.1 Å². The van der Waals surface area contributed by atoms with Crippen LogP contribution in [-0.4, -0.2) is 13.4 Å². The minimum absolute atomic E-state index is 0.651. The van der Waals surface area contributed by atoms with Gasteiger partial charge in [-0.25, -0.2) is 0 Å². The molecule has 0 aromatic heterocycles. The van der Waals surface area contributed by atoms with Crippen LogP contribution in [0, 0.1) is 0 Å². The predicted molar refractivity (Wildman–Crippen MR) is 71.5 cm³/mol. The summed E-state index contributed by atoms with van der Waals surface area (Å²) in [4.78, 5) is 10.9. The van der Waals surface area contributed by atoms with Crippen LogP contribution in [0.2, 0.25) is 0 Å². The molecule has 17 heavy (non-hydrogen) atoms. The number of hydrogen-bond acceptors (Lipinski definition) is 2. The zero-order chi connectivity index (χ0) is 12.3. The number of methoxy groups -OCH3 is 1. The molecule has 0 aliphatic carbocycles. The molecule has 0 unspecified atom stereocenters. The Kier molecular flexibility index (Phi) is 3.59. The highest BCUT2D eigenvalue weighted by Crippen LogP contribution is 2.26. The summed E-state index contributed by atoms with van der Waals surface area (Å²) >= 11 is 3.33. The Hall–Kier alpha value is -1.61. The third-order valence-corrected chi connectivity index (χ3v) is 3.27. The number of carbonyl (C=O) groups is 1. The first-order valence-electron chi connectivity index (χ1n) is 5.14. The van der Waals surface area contributed by atoms with Crippen LogP contribution >= 0.6 is 15.9 Å². The van der Waals surface area contributed by atoms with Crippen molar-refractivity contribution in [3.63, 3.8) is 0 Å². The van der Waals surface area contributed by atoms with Gasteiger partial charge in [0, 0.05) is 10.0 Å². The fourth-order valence-electron chi connectivity index (χ4n) is 1.60. The van der Waals surface area contributed by atoms with E-state index in [-0.39, 0.29) is 0 Å². The van der Waals surface area contributed by atoms with Gasteiger partial charge in [0.25, 0.3) is 0 Å². The summed E-state index contributed by atoms with van der Waals surface area (Å²) in [7, 11) is 1.64. The number of carbonyl (C=O) groups excluding carboxylic acids is 1. The maximum Gasteiger partial charge on any atom is 0.151 e. The van der Waals surface area contributed by atoms with Gasteiger partial charge in [0.15, 0.2) is 6.29 Å². The first-order chi connectivity index (χ1) is 8.24.